The summed E-state index contributed by atoms with van der Waals surface area (Å²) in [7, 11) is 0. The van der Waals surface area contributed by atoms with Crippen molar-refractivity contribution in [3.8, 4) is 11.5 Å². The maximum atomic E-state index is 12.1. The Hall–Kier alpha value is -3.14. The normalized spacial score (nSPS) is 18.4. The van der Waals surface area contributed by atoms with E-state index in [1.807, 2.05) is 72.8 Å². The van der Waals surface area contributed by atoms with Crippen LogP contribution in [0.1, 0.15) is 36.8 Å². The number of allylic oxidation sites excluding steroid dienone is 4. The number of rotatable bonds is 0. The second-order valence-electron chi connectivity index (χ2n) is 6.59. The van der Waals surface area contributed by atoms with Gasteiger partial charge in [0, 0.05) is 12.8 Å². The summed E-state index contributed by atoms with van der Waals surface area (Å²) in [6.07, 6.45) is 11.0. The Morgan fingerprint density at radius 1 is 0.571 bits per heavy atom. The highest BCUT2D eigenvalue weighted by Crippen LogP contribution is 2.21. The fraction of sp³-hybridized carbons (Fsp3) is 0.250. The SMILES string of the molecule is O=C1CC/C=C\Cc2ccccc2OC(=O)CC/C=C\Cc2ccccc2O1. The lowest BCUT2D eigenvalue weighted by molar-refractivity contribution is -0.135. The first kappa shape index (κ1) is 19.6. The molecule has 1 aliphatic rings. The first-order valence-corrected chi connectivity index (χ1v) is 9.59. The summed E-state index contributed by atoms with van der Waals surface area (Å²) in [5, 5.41) is 0. The molecule has 0 bridgehead atoms. The Labute approximate surface area is 165 Å². The van der Waals surface area contributed by atoms with Gasteiger partial charge in [0.05, 0.1) is 0 Å². The van der Waals surface area contributed by atoms with Crippen molar-refractivity contribution in [2.45, 2.75) is 38.5 Å². The molecule has 0 aliphatic carbocycles. The van der Waals surface area contributed by atoms with Crippen LogP contribution in [0.4, 0.5) is 0 Å². The molecule has 0 atom stereocenters. The summed E-state index contributed by atoms with van der Waals surface area (Å²) in [4.78, 5) is 24.3. The van der Waals surface area contributed by atoms with Crippen LogP contribution in [-0.2, 0) is 22.4 Å². The van der Waals surface area contributed by atoms with E-state index in [1.54, 1.807) is 0 Å². The van der Waals surface area contributed by atoms with Gasteiger partial charge in [-0.1, -0.05) is 60.7 Å². The Bertz CT molecular complexity index is 806. The van der Waals surface area contributed by atoms with Crippen molar-refractivity contribution >= 4 is 11.9 Å². The van der Waals surface area contributed by atoms with E-state index in [2.05, 4.69) is 0 Å². The second-order valence-corrected chi connectivity index (χ2v) is 6.59. The fourth-order valence-electron chi connectivity index (χ4n) is 2.95. The van der Waals surface area contributed by atoms with Crippen molar-refractivity contribution in [3.05, 3.63) is 84.0 Å². The van der Waals surface area contributed by atoms with Crippen LogP contribution in [0.25, 0.3) is 0 Å². The molecule has 0 radical (unpaired) electrons. The van der Waals surface area contributed by atoms with Crippen LogP contribution in [0.15, 0.2) is 72.8 Å². The molecule has 1 heterocycles. The Morgan fingerprint density at radius 2 is 1.00 bits per heavy atom. The number of benzene rings is 2. The number of fused-ring (bicyclic) bond motifs is 2. The standard InChI is InChI=1S/C24H24O4/c25-23-17-5-1-3-11-19-13-7-9-15-21(19)28-24(26)18-6-2-4-12-20-14-8-10-16-22(20)27-23/h1-4,7-10,13-16H,5-6,11-12,17-18H2/b3-1-,4-2-. The monoisotopic (exact) mass is 376 g/mol. The molecule has 1 aliphatic heterocycles. The zero-order chi connectivity index (χ0) is 19.6. The molecule has 4 nitrogen and oxygen atoms in total. The number of esters is 2. The number of ether oxygens (including phenoxy) is 2. The summed E-state index contributed by atoms with van der Waals surface area (Å²) < 4.78 is 11.1. The molecule has 144 valence electrons. The molecule has 0 fully saturated rings. The molecule has 0 saturated carbocycles. The smallest absolute Gasteiger partial charge is 0.311 e. The van der Waals surface area contributed by atoms with Gasteiger partial charge in [-0.3, -0.25) is 9.59 Å². The quantitative estimate of drug-likeness (QED) is 0.370. The van der Waals surface area contributed by atoms with Gasteiger partial charge in [-0.25, -0.2) is 0 Å². The fourth-order valence-corrected chi connectivity index (χ4v) is 2.95. The van der Waals surface area contributed by atoms with Crippen LogP contribution in [0.5, 0.6) is 11.5 Å². The maximum absolute atomic E-state index is 12.1. The van der Waals surface area contributed by atoms with E-state index in [1.165, 1.54) is 0 Å². The molecule has 0 saturated heterocycles. The third-order valence-electron chi connectivity index (χ3n) is 4.43. The molecule has 2 aromatic carbocycles. The van der Waals surface area contributed by atoms with Crippen LogP contribution >= 0.6 is 0 Å². The van der Waals surface area contributed by atoms with Gasteiger partial charge < -0.3 is 9.47 Å². The molecule has 3 rings (SSSR count). The first-order chi connectivity index (χ1) is 13.7. The van der Waals surface area contributed by atoms with Crippen LogP contribution in [0, 0.1) is 0 Å². The van der Waals surface area contributed by atoms with E-state index >= 15 is 0 Å². The first-order valence-electron chi connectivity index (χ1n) is 9.59. The van der Waals surface area contributed by atoms with Crippen molar-refractivity contribution < 1.29 is 19.1 Å². The average Bonchev–Trinajstić information content (AvgIpc) is 2.69. The maximum Gasteiger partial charge on any atom is 0.311 e. The lowest BCUT2D eigenvalue weighted by Gasteiger charge is -2.09. The van der Waals surface area contributed by atoms with E-state index in [4.69, 9.17) is 9.47 Å². The predicted octanol–water partition coefficient (Wildman–Crippen LogP) is 4.97. The van der Waals surface area contributed by atoms with Gasteiger partial charge in [0.2, 0.25) is 0 Å². The zero-order valence-corrected chi connectivity index (χ0v) is 15.8. The zero-order valence-electron chi connectivity index (χ0n) is 15.8. The van der Waals surface area contributed by atoms with Crippen LogP contribution in [0.2, 0.25) is 0 Å². The van der Waals surface area contributed by atoms with E-state index in [0.29, 0.717) is 50.0 Å². The third kappa shape index (κ3) is 5.95. The third-order valence-corrected chi connectivity index (χ3v) is 4.43. The van der Waals surface area contributed by atoms with Crippen molar-refractivity contribution in [2.24, 2.45) is 0 Å². The van der Waals surface area contributed by atoms with Gasteiger partial charge in [-0.2, -0.15) is 0 Å². The number of hydrogen-bond acceptors (Lipinski definition) is 4. The Morgan fingerprint density at radius 3 is 1.46 bits per heavy atom. The van der Waals surface area contributed by atoms with Gasteiger partial charge >= 0.3 is 11.9 Å². The average molecular weight is 376 g/mol. The van der Waals surface area contributed by atoms with Crippen LogP contribution in [-0.4, -0.2) is 11.9 Å². The largest absolute Gasteiger partial charge is 0.426 e. The highest BCUT2D eigenvalue weighted by Gasteiger charge is 2.09. The molecular formula is C24H24O4. The molecule has 0 amide bonds. The Kier molecular flexibility index (Phi) is 7.19. The van der Waals surface area contributed by atoms with E-state index in [-0.39, 0.29) is 11.9 Å². The summed E-state index contributed by atoms with van der Waals surface area (Å²) in [6, 6.07) is 15.1. The molecule has 0 spiro atoms. The number of para-hydroxylation sites is 2. The van der Waals surface area contributed by atoms with E-state index < -0.39 is 0 Å². The molecule has 0 aromatic heterocycles. The van der Waals surface area contributed by atoms with Gasteiger partial charge in [-0.15, -0.1) is 0 Å². The number of carbonyl (C=O) groups excluding carboxylic acids is 2. The van der Waals surface area contributed by atoms with Crippen molar-refractivity contribution in [1.29, 1.82) is 0 Å². The van der Waals surface area contributed by atoms with Gasteiger partial charge in [0.25, 0.3) is 0 Å². The molecule has 2 aromatic rings. The number of hydrogen-bond donors (Lipinski definition) is 0. The molecular weight excluding hydrogens is 352 g/mol. The lowest BCUT2D eigenvalue weighted by Crippen LogP contribution is -2.09. The summed E-state index contributed by atoms with van der Waals surface area (Å²) in [5.41, 5.74) is 1.89. The van der Waals surface area contributed by atoms with Crippen LogP contribution < -0.4 is 9.47 Å². The van der Waals surface area contributed by atoms with Crippen LogP contribution in [0.3, 0.4) is 0 Å². The number of carbonyl (C=O) groups is 2. The van der Waals surface area contributed by atoms with Gasteiger partial charge in [-0.05, 0) is 48.9 Å². The van der Waals surface area contributed by atoms with E-state index in [0.717, 1.165) is 11.1 Å². The van der Waals surface area contributed by atoms with Gasteiger partial charge in [0.15, 0.2) is 0 Å². The highest BCUT2D eigenvalue weighted by molar-refractivity contribution is 5.73. The summed E-state index contributed by atoms with van der Waals surface area (Å²) in [6.45, 7) is 0. The molecule has 28 heavy (non-hydrogen) atoms. The second kappa shape index (κ2) is 10.3. The minimum absolute atomic E-state index is 0.239. The predicted molar refractivity (Wildman–Crippen MR) is 108 cm³/mol. The van der Waals surface area contributed by atoms with Gasteiger partial charge in [0.1, 0.15) is 11.5 Å². The molecule has 4 heteroatoms. The summed E-state index contributed by atoms with van der Waals surface area (Å²) in [5.74, 6) is 0.708. The summed E-state index contributed by atoms with van der Waals surface area (Å²) >= 11 is 0. The Balaban J connectivity index is 1.75. The minimum Gasteiger partial charge on any atom is -0.426 e. The van der Waals surface area contributed by atoms with Crippen molar-refractivity contribution in [3.63, 3.8) is 0 Å². The lowest BCUT2D eigenvalue weighted by atomic mass is 10.1. The molecule has 0 N–H and O–H groups in total. The van der Waals surface area contributed by atoms with Crippen molar-refractivity contribution in [1.82, 2.24) is 0 Å². The topological polar surface area (TPSA) is 52.6 Å². The van der Waals surface area contributed by atoms with E-state index in [9.17, 15) is 9.59 Å². The highest BCUT2D eigenvalue weighted by atomic mass is 16.5. The minimum atomic E-state index is -0.239. The van der Waals surface area contributed by atoms with Crippen molar-refractivity contribution in [2.75, 3.05) is 0 Å². The molecule has 0 unspecified atom stereocenters.